The fourth-order valence-corrected chi connectivity index (χ4v) is 4.12. The van der Waals surface area contributed by atoms with Crippen molar-refractivity contribution in [2.24, 2.45) is 11.8 Å². The van der Waals surface area contributed by atoms with E-state index in [4.69, 9.17) is 0 Å². The lowest BCUT2D eigenvalue weighted by Gasteiger charge is -2.44. The summed E-state index contributed by atoms with van der Waals surface area (Å²) in [7, 11) is 0. The number of aliphatic hydroxyl groups is 1. The maximum atomic E-state index is 10.1. The minimum Gasteiger partial charge on any atom is -0.395 e. The van der Waals surface area contributed by atoms with Gasteiger partial charge in [0.15, 0.2) is 0 Å². The third-order valence-corrected chi connectivity index (χ3v) is 5.28. The minimum atomic E-state index is -0.104. The molecule has 0 radical (unpaired) electrons. The summed E-state index contributed by atoms with van der Waals surface area (Å²) in [6.07, 6.45) is 11.4. The van der Waals surface area contributed by atoms with Crippen molar-refractivity contribution in [2.45, 2.75) is 44.4 Å². The van der Waals surface area contributed by atoms with Crippen molar-refractivity contribution in [1.29, 1.82) is 0 Å². The molecular weight excluding hydrogens is 232 g/mol. The highest BCUT2D eigenvalue weighted by Crippen LogP contribution is 2.46. The molecule has 2 aliphatic rings. The Kier molecular flexibility index (Phi) is 3.49. The van der Waals surface area contributed by atoms with E-state index in [1.807, 2.05) is 0 Å². The van der Waals surface area contributed by atoms with Crippen LogP contribution in [0, 0.1) is 11.8 Å². The number of hydrogen-bond donors (Lipinski definition) is 1. The van der Waals surface area contributed by atoms with Gasteiger partial charge in [-0.2, -0.15) is 0 Å². The van der Waals surface area contributed by atoms with Crippen LogP contribution in [0.2, 0.25) is 0 Å². The topological polar surface area (TPSA) is 20.2 Å². The summed E-state index contributed by atoms with van der Waals surface area (Å²) in [5.41, 5.74) is 2.51. The average Bonchev–Trinajstić information content (AvgIpc) is 2.49. The summed E-state index contributed by atoms with van der Waals surface area (Å²) in [5, 5.41) is 10.1. The molecule has 0 spiro atoms. The van der Waals surface area contributed by atoms with Crippen molar-refractivity contribution in [1.82, 2.24) is 0 Å². The molecule has 0 saturated heterocycles. The fourth-order valence-electron chi connectivity index (χ4n) is 4.12. The normalized spacial score (nSPS) is 31.2. The van der Waals surface area contributed by atoms with Crippen LogP contribution >= 0.6 is 0 Å². The zero-order chi connectivity index (χ0) is 13.3. The summed E-state index contributed by atoms with van der Waals surface area (Å²) < 4.78 is 0. The lowest BCUT2D eigenvalue weighted by molar-refractivity contribution is 0.119. The van der Waals surface area contributed by atoms with E-state index >= 15 is 0 Å². The van der Waals surface area contributed by atoms with Gasteiger partial charge in [-0.1, -0.05) is 62.6 Å². The Bertz CT molecular complexity index is 470. The number of aliphatic hydroxyl groups excluding tert-OH is 1. The van der Waals surface area contributed by atoms with E-state index in [0.29, 0.717) is 5.92 Å². The van der Waals surface area contributed by atoms with Crippen LogP contribution in [-0.2, 0) is 5.41 Å². The van der Waals surface area contributed by atoms with E-state index in [2.05, 4.69) is 43.3 Å². The van der Waals surface area contributed by atoms with Crippen LogP contribution in [0.25, 0.3) is 6.08 Å². The Hall–Kier alpha value is -1.08. The molecule has 1 heteroatoms. The molecule has 1 aromatic rings. The molecule has 2 aliphatic carbocycles. The zero-order valence-corrected chi connectivity index (χ0v) is 11.8. The van der Waals surface area contributed by atoms with E-state index in [9.17, 15) is 5.11 Å². The van der Waals surface area contributed by atoms with E-state index in [-0.39, 0.29) is 12.0 Å². The molecular formula is C18H24O. The summed E-state index contributed by atoms with van der Waals surface area (Å²) in [6, 6.07) is 8.55. The number of fused-ring (bicyclic) bond motifs is 1. The van der Waals surface area contributed by atoms with Crippen molar-refractivity contribution < 1.29 is 5.11 Å². The van der Waals surface area contributed by atoms with Crippen molar-refractivity contribution in [3.05, 3.63) is 41.5 Å². The molecule has 1 aromatic carbocycles. The van der Waals surface area contributed by atoms with Gasteiger partial charge in [-0.15, -0.1) is 0 Å². The zero-order valence-electron chi connectivity index (χ0n) is 11.8. The van der Waals surface area contributed by atoms with Crippen LogP contribution in [0.1, 0.15) is 50.2 Å². The van der Waals surface area contributed by atoms with Gasteiger partial charge in [-0.3, -0.25) is 0 Å². The molecule has 0 unspecified atom stereocenters. The van der Waals surface area contributed by atoms with E-state index < -0.39 is 0 Å². The van der Waals surface area contributed by atoms with Gasteiger partial charge in [0.1, 0.15) is 0 Å². The van der Waals surface area contributed by atoms with Gasteiger partial charge in [-0.25, -0.2) is 0 Å². The molecule has 102 valence electrons. The largest absolute Gasteiger partial charge is 0.395 e. The fraction of sp³-hybridized carbons (Fsp3) is 0.556. The Morgan fingerprint density at radius 2 is 1.89 bits per heavy atom. The molecule has 0 aromatic heterocycles. The second-order valence-electron chi connectivity index (χ2n) is 6.45. The predicted octanol–water partition coefficient (Wildman–Crippen LogP) is 4.16. The maximum absolute atomic E-state index is 10.1. The quantitative estimate of drug-likeness (QED) is 0.842. The second-order valence-corrected chi connectivity index (χ2v) is 6.45. The summed E-state index contributed by atoms with van der Waals surface area (Å²) >= 11 is 0. The molecule has 0 bridgehead atoms. The average molecular weight is 256 g/mol. The van der Waals surface area contributed by atoms with Crippen molar-refractivity contribution in [2.75, 3.05) is 6.61 Å². The molecule has 0 heterocycles. The highest BCUT2D eigenvalue weighted by Gasteiger charge is 2.41. The van der Waals surface area contributed by atoms with Crippen molar-refractivity contribution >= 4 is 6.08 Å². The first-order valence-electron chi connectivity index (χ1n) is 7.64. The van der Waals surface area contributed by atoms with Gasteiger partial charge in [0.25, 0.3) is 0 Å². The van der Waals surface area contributed by atoms with Gasteiger partial charge in [0, 0.05) is 5.41 Å². The minimum absolute atomic E-state index is 0.104. The monoisotopic (exact) mass is 256 g/mol. The molecule has 3 rings (SSSR count). The molecule has 0 aliphatic heterocycles. The SMILES string of the molecule is C[C@@]1(CO)c2ccccc2C=C[C@@H]1C1CCCCC1. The van der Waals surface area contributed by atoms with Crippen LogP contribution in [-0.4, -0.2) is 11.7 Å². The van der Waals surface area contributed by atoms with Crippen molar-refractivity contribution in [3.63, 3.8) is 0 Å². The first-order chi connectivity index (χ1) is 9.25. The third-order valence-electron chi connectivity index (χ3n) is 5.28. The van der Waals surface area contributed by atoms with Gasteiger partial charge >= 0.3 is 0 Å². The van der Waals surface area contributed by atoms with Crippen molar-refractivity contribution in [3.8, 4) is 0 Å². The van der Waals surface area contributed by atoms with Crippen LogP contribution in [0.3, 0.4) is 0 Å². The van der Waals surface area contributed by atoms with Gasteiger partial charge in [0.2, 0.25) is 0 Å². The standard InChI is InChI=1S/C18H24O/c1-18(13-19)16-10-6-5-9-15(16)11-12-17(18)14-7-3-2-4-8-14/h5-6,9-12,14,17,19H,2-4,7-8,13H2,1H3/t17-,18-/m1/s1. The highest BCUT2D eigenvalue weighted by atomic mass is 16.3. The van der Waals surface area contributed by atoms with Gasteiger partial charge in [-0.05, 0) is 35.8 Å². The van der Waals surface area contributed by atoms with E-state index in [0.717, 1.165) is 5.92 Å². The van der Waals surface area contributed by atoms with E-state index in [1.165, 1.54) is 43.2 Å². The summed E-state index contributed by atoms with van der Waals surface area (Å²) in [5.74, 6) is 1.24. The molecule has 1 nitrogen and oxygen atoms in total. The van der Waals surface area contributed by atoms with Crippen LogP contribution in [0.4, 0.5) is 0 Å². The Labute approximate surface area is 116 Å². The first kappa shape index (κ1) is 12.9. The number of hydrogen-bond acceptors (Lipinski definition) is 1. The first-order valence-corrected chi connectivity index (χ1v) is 7.64. The summed E-state index contributed by atoms with van der Waals surface area (Å²) in [4.78, 5) is 0. The Morgan fingerprint density at radius 3 is 2.63 bits per heavy atom. The summed E-state index contributed by atoms with van der Waals surface area (Å²) in [6.45, 7) is 2.49. The Balaban J connectivity index is 1.98. The molecule has 1 fully saturated rings. The molecule has 1 N–H and O–H groups in total. The number of allylic oxidation sites excluding steroid dienone is 1. The molecule has 2 atom stereocenters. The van der Waals surface area contributed by atoms with Crippen LogP contribution < -0.4 is 0 Å². The molecule has 1 saturated carbocycles. The van der Waals surface area contributed by atoms with Gasteiger partial charge < -0.3 is 5.11 Å². The maximum Gasteiger partial charge on any atom is 0.0531 e. The second kappa shape index (κ2) is 5.13. The van der Waals surface area contributed by atoms with Crippen LogP contribution in [0.5, 0.6) is 0 Å². The lowest BCUT2D eigenvalue weighted by atomic mass is 9.61. The molecule has 0 amide bonds. The van der Waals surface area contributed by atoms with Crippen LogP contribution in [0.15, 0.2) is 30.3 Å². The molecule has 19 heavy (non-hydrogen) atoms. The smallest absolute Gasteiger partial charge is 0.0531 e. The third kappa shape index (κ3) is 2.14. The predicted molar refractivity (Wildman–Crippen MR) is 80.0 cm³/mol. The lowest BCUT2D eigenvalue weighted by Crippen LogP contribution is -2.41. The number of benzene rings is 1. The van der Waals surface area contributed by atoms with E-state index in [1.54, 1.807) is 0 Å². The number of rotatable bonds is 2. The Morgan fingerprint density at radius 1 is 1.16 bits per heavy atom. The van der Waals surface area contributed by atoms with Gasteiger partial charge in [0.05, 0.1) is 6.61 Å². The highest BCUT2D eigenvalue weighted by molar-refractivity contribution is 5.60.